The van der Waals surface area contributed by atoms with Gasteiger partial charge in [-0.05, 0) is 41.3 Å². The van der Waals surface area contributed by atoms with Crippen LogP contribution in [-0.2, 0) is 21.0 Å². The van der Waals surface area contributed by atoms with Crippen molar-refractivity contribution in [2.24, 2.45) is 5.92 Å². The summed E-state index contributed by atoms with van der Waals surface area (Å²) in [4.78, 5) is 26.9. The Morgan fingerprint density at radius 1 is 1.13 bits per heavy atom. The number of sulfonamides is 1. The van der Waals surface area contributed by atoms with Crippen molar-refractivity contribution >= 4 is 49.0 Å². The fraction of sp³-hybridized carbons (Fsp3) is 0.269. The SMILES string of the molecule is CC(C)[C@H](NS(=O)(=O)C1(NC(=O)c2nc3cc(C(F)(F)F)ccc3s2)C=CC(c2ccccc2)=CC1)C(=O)O. The maximum absolute atomic E-state index is 13.7. The van der Waals surface area contributed by atoms with E-state index in [0.717, 1.165) is 29.0 Å². The maximum Gasteiger partial charge on any atom is 0.416 e. The van der Waals surface area contributed by atoms with Gasteiger partial charge in [0.1, 0.15) is 6.04 Å². The number of nitrogens with zero attached hydrogens (tertiary/aromatic N) is 1. The number of amides is 1. The summed E-state index contributed by atoms with van der Waals surface area (Å²) in [7, 11) is -4.57. The first-order valence-electron chi connectivity index (χ1n) is 11.7. The normalized spacial score (nSPS) is 18.7. The van der Waals surface area contributed by atoms with E-state index in [2.05, 4.69) is 15.0 Å². The molecule has 39 heavy (non-hydrogen) atoms. The summed E-state index contributed by atoms with van der Waals surface area (Å²) in [5.41, 5.74) is 0.495. The number of carbonyl (C=O) groups is 2. The number of carbonyl (C=O) groups excluding carboxylic acids is 1. The van der Waals surface area contributed by atoms with Gasteiger partial charge < -0.3 is 10.4 Å². The van der Waals surface area contributed by atoms with Crippen LogP contribution in [0.25, 0.3) is 15.8 Å². The zero-order chi connectivity index (χ0) is 28.6. The number of rotatable bonds is 8. The number of halogens is 3. The first kappa shape index (κ1) is 28.5. The highest BCUT2D eigenvalue weighted by Gasteiger charge is 2.46. The highest BCUT2D eigenvalue weighted by Crippen LogP contribution is 2.34. The molecule has 1 amide bonds. The average molecular weight is 580 g/mol. The van der Waals surface area contributed by atoms with Crippen molar-refractivity contribution in [2.45, 2.75) is 37.4 Å². The van der Waals surface area contributed by atoms with E-state index in [1.54, 1.807) is 6.08 Å². The predicted molar refractivity (Wildman–Crippen MR) is 141 cm³/mol. The number of aliphatic carboxylic acids is 1. The van der Waals surface area contributed by atoms with Crippen LogP contribution in [-0.4, -0.2) is 41.3 Å². The molecule has 0 saturated heterocycles. The van der Waals surface area contributed by atoms with Gasteiger partial charge in [-0.2, -0.15) is 17.9 Å². The number of aromatic nitrogens is 1. The van der Waals surface area contributed by atoms with Crippen molar-refractivity contribution < 1.29 is 36.3 Å². The lowest BCUT2D eigenvalue weighted by molar-refractivity contribution is -0.140. The van der Waals surface area contributed by atoms with E-state index in [-0.39, 0.29) is 16.9 Å². The summed E-state index contributed by atoms with van der Waals surface area (Å²) in [5.74, 6) is -2.94. The molecule has 1 aliphatic carbocycles. The largest absolute Gasteiger partial charge is 0.480 e. The first-order chi connectivity index (χ1) is 18.2. The number of carboxylic acid groups (broad SMARTS) is 1. The molecule has 0 bridgehead atoms. The van der Waals surface area contributed by atoms with E-state index in [0.29, 0.717) is 10.3 Å². The Labute approximate surface area is 226 Å². The van der Waals surface area contributed by atoms with Crippen LogP contribution < -0.4 is 10.0 Å². The molecular weight excluding hydrogens is 555 g/mol. The van der Waals surface area contributed by atoms with Gasteiger partial charge in [-0.1, -0.05) is 56.3 Å². The Morgan fingerprint density at radius 3 is 2.38 bits per heavy atom. The van der Waals surface area contributed by atoms with Crippen LogP contribution in [0.5, 0.6) is 0 Å². The van der Waals surface area contributed by atoms with Gasteiger partial charge in [0.2, 0.25) is 10.0 Å². The van der Waals surface area contributed by atoms with Crippen LogP contribution >= 0.6 is 11.3 Å². The Morgan fingerprint density at radius 2 is 1.82 bits per heavy atom. The molecule has 1 heterocycles. The number of thiazole rings is 1. The third kappa shape index (κ3) is 5.89. The number of benzene rings is 2. The fourth-order valence-electron chi connectivity index (χ4n) is 4.02. The Hall–Kier alpha value is -3.55. The molecule has 206 valence electrons. The van der Waals surface area contributed by atoms with Crippen LogP contribution in [0.3, 0.4) is 0 Å². The minimum atomic E-state index is -4.60. The van der Waals surface area contributed by atoms with Crippen LogP contribution in [0.15, 0.2) is 66.8 Å². The van der Waals surface area contributed by atoms with E-state index in [9.17, 15) is 36.3 Å². The second-order valence-corrected chi connectivity index (χ2v) is 12.3. The first-order valence-corrected chi connectivity index (χ1v) is 14.0. The van der Waals surface area contributed by atoms with E-state index in [4.69, 9.17) is 0 Å². The van der Waals surface area contributed by atoms with E-state index >= 15 is 0 Å². The third-order valence-electron chi connectivity index (χ3n) is 6.19. The molecule has 2 atom stereocenters. The molecule has 1 aliphatic rings. The average Bonchev–Trinajstić information content (AvgIpc) is 3.31. The second-order valence-electron chi connectivity index (χ2n) is 9.29. The van der Waals surface area contributed by atoms with Gasteiger partial charge >= 0.3 is 12.1 Å². The topological polar surface area (TPSA) is 125 Å². The van der Waals surface area contributed by atoms with Gasteiger partial charge in [0.05, 0.1) is 15.8 Å². The minimum absolute atomic E-state index is 0.0637. The number of fused-ring (bicyclic) bond motifs is 1. The summed E-state index contributed by atoms with van der Waals surface area (Å²) < 4.78 is 69.1. The number of alkyl halides is 3. The van der Waals surface area contributed by atoms with Crippen molar-refractivity contribution in [3.63, 3.8) is 0 Å². The summed E-state index contributed by atoms with van der Waals surface area (Å²) >= 11 is 0.804. The monoisotopic (exact) mass is 579 g/mol. The van der Waals surface area contributed by atoms with Crippen molar-refractivity contribution in [3.8, 4) is 0 Å². The Kier molecular flexibility index (Phi) is 7.70. The molecule has 8 nitrogen and oxygen atoms in total. The molecule has 3 aromatic rings. The summed E-state index contributed by atoms with van der Waals surface area (Å²) in [6.45, 7) is 3.07. The molecular formula is C26H24F3N3O5S2. The Balaban J connectivity index is 1.71. The smallest absolute Gasteiger partial charge is 0.416 e. The van der Waals surface area contributed by atoms with Crippen LogP contribution in [0.4, 0.5) is 13.2 Å². The van der Waals surface area contributed by atoms with Crippen molar-refractivity contribution in [1.82, 2.24) is 15.0 Å². The molecule has 0 saturated carbocycles. The number of allylic oxidation sites excluding steroid dienone is 2. The van der Waals surface area contributed by atoms with Crippen molar-refractivity contribution in [3.05, 3.63) is 82.9 Å². The van der Waals surface area contributed by atoms with Gasteiger partial charge in [0.15, 0.2) is 9.88 Å². The lowest BCUT2D eigenvalue weighted by Crippen LogP contribution is -2.60. The molecule has 0 fully saturated rings. The second kappa shape index (κ2) is 10.5. The van der Waals surface area contributed by atoms with Gasteiger partial charge in [-0.15, -0.1) is 11.3 Å². The van der Waals surface area contributed by atoms with E-state index in [1.165, 1.54) is 32.1 Å². The van der Waals surface area contributed by atoms with E-state index < -0.39 is 50.5 Å². The highest BCUT2D eigenvalue weighted by atomic mass is 32.2. The number of hydrogen-bond donors (Lipinski definition) is 3. The lowest BCUT2D eigenvalue weighted by atomic mass is 9.96. The van der Waals surface area contributed by atoms with Crippen LogP contribution in [0, 0.1) is 5.92 Å². The van der Waals surface area contributed by atoms with Gasteiger partial charge in [-0.3, -0.25) is 9.59 Å². The summed E-state index contributed by atoms with van der Waals surface area (Å²) in [6.07, 6.45) is -0.464. The fourth-order valence-corrected chi connectivity index (χ4v) is 6.55. The predicted octanol–water partition coefficient (Wildman–Crippen LogP) is 4.81. The van der Waals surface area contributed by atoms with Crippen molar-refractivity contribution in [2.75, 3.05) is 0 Å². The molecule has 0 aliphatic heterocycles. The number of nitrogens with one attached hydrogen (secondary N) is 2. The zero-order valence-corrected chi connectivity index (χ0v) is 22.3. The molecule has 4 rings (SSSR count). The summed E-state index contributed by atoms with van der Waals surface area (Å²) in [5, 5.41) is 11.8. The van der Waals surface area contributed by atoms with Gasteiger partial charge in [0.25, 0.3) is 5.91 Å². The quantitative estimate of drug-likeness (QED) is 0.352. The van der Waals surface area contributed by atoms with Crippen LogP contribution in [0.2, 0.25) is 0 Å². The lowest BCUT2D eigenvalue weighted by Gasteiger charge is -2.34. The molecule has 0 radical (unpaired) electrons. The van der Waals surface area contributed by atoms with Gasteiger partial charge in [-0.25, -0.2) is 13.4 Å². The third-order valence-corrected chi connectivity index (χ3v) is 9.16. The molecule has 1 unspecified atom stereocenters. The number of carboxylic acids is 1. The Bertz CT molecular complexity index is 1580. The molecule has 1 aromatic heterocycles. The van der Waals surface area contributed by atoms with Crippen molar-refractivity contribution in [1.29, 1.82) is 0 Å². The maximum atomic E-state index is 13.7. The zero-order valence-electron chi connectivity index (χ0n) is 20.7. The summed E-state index contributed by atoms with van der Waals surface area (Å²) in [6, 6.07) is 10.5. The standard InChI is InChI=1S/C26H24F3N3O5S2/c1-15(2)21(24(34)35)32-39(36,37)25(12-10-17(11-13-25)16-6-4-3-5-7-16)31-22(33)23-30-19-14-18(26(27,28)29)8-9-20(19)38-23/h3-12,14-15,21,32H,13H2,1-2H3,(H,31,33)(H,34,35)/t21-,25?/m0/s1. The van der Waals surface area contributed by atoms with E-state index in [1.807, 2.05) is 30.3 Å². The molecule has 0 spiro atoms. The molecule has 3 N–H and O–H groups in total. The molecule has 13 heteroatoms. The number of hydrogen-bond acceptors (Lipinski definition) is 6. The highest BCUT2D eigenvalue weighted by molar-refractivity contribution is 7.91. The van der Waals surface area contributed by atoms with Gasteiger partial charge in [0, 0.05) is 6.42 Å². The minimum Gasteiger partial charge on any atom is -0.480 e. The molecule has 2 aromatic carbocycles. The van der Waals surface area contributed by atoms with Crippen LogP contribution in [0.1, 0.15) is 41.2 Å².